The summed E-state index contributed by atoms with van der Waals surface area (Å²) in [7, 11) is 0. The smallest absolute Gasteiger partial charge is 0.0451 e. The van der Waals surface area contributed by atoms with Crippen LogP contribution in [-0.4, -0.2) is 5.54 Å². The number of benzene rings is 1. The molecule has 0 atom stereocenters. The Morgan fingerprint density at radius 1 is 1.00 bits per heavy atom. The molecule has 4 aliphatic carbocycles. The molecule has 0 spiro atoms. The minimum absolute atomic E-state index is 0.389. The zero-order valence-corrected chi connectivity index (χ0v) is 13.2. The van der Waals surface area contributed by atoms with E-state index >= 15 is 0 Å². The van der Waals surface area contributed by atoms with E-state index in [2.05, 4.69) is 5.32 Å². The maximum atomic E-state index is 6.28. The lowest BCUT2D eigenvalue weighted by atomic mass is 9.53. The third kappa shape index (κ3) is 2.38. The summed E-state index contributed by atoms with van der Waals surface area (Å²) in [6.45, 7) is 0.853. The van der Waals surface area contributed by atoms with Crippen molar-refractivity contribution >= 4 is 23.2 Å². The fraction of sp³-hybridized carbons (Fsp3) is 0.647. The van der Waals surface area contributed by atoms with E-state index in [0.29, 0.717) is 5.54 Å². The molecular formula is C17H21Cl2N. The number of nitrogens with one attached hydrogen (secondary N) is 1. The molecule has 0 aliphatic heterocycles. The Morgan fingerprint density at radius 2 is 1.60 bits per heavy atom. The third-order valence-electron chi connectivity index (χ3n) is 5.70. The monoisotopic (exact) mass is 309 g/mol. The Bertz CT molecular complexity index is 490. The maximum absolute atomic E-state index is 6.28. The van der Waals surface area contributed by atoms with Crippen molar-refractivity contribution in [1.82, 2.24) is 5.32 Å². The Labute approximate surface area is 131 Å². The predicted octanol–water partition coefficient (Wildman–Crippen LogP) is 5.05. The molecular weight excluding hydrogens is 289 g/mol. The summed E-state index contributed by atoms with van der Waals surface area (Å²) >= 11 is 12.4. The first kappa shape index (κ1) is 13.4. The summed E-state index contributed by atoms with van der Waals surface area (Å²) in [4.78, 5) is 0. The van der Waals surface area contributed by atoms with Crippen molar-refractivity contribution in [3.63, 3.8) is 0 Å². The minimum Gasteiger partial charge on any atom is -0.307 e. The second-order valence-electron chi connectivity index (χ2n) is 7.29. The second kappa shape index (κ2) is 4.90. The molecule has 0 radical (unpaired) electrons. The van der Waals surface area contributed by atoms with Crippen molar-refractivity contribution in [2.75, 3.05) is 0 Å². The van der Waals surface area contributed by atoms with E-state index in [1.165, 1.54) is 38.5 Å². The number of hydrogen-bond acceptors (Lipinski definition) is 1. The van der Waals surface area contributed by atoms with Crippen LogP contribution >= 0.6 is 23.2 Å². The summed E-state index contributed by atoms with van der Waals surface area (Å²) in [6.07, 6.45) is 8.57. The molecule has 108 valence electrons. The van der Waals surface area contributed by atoms with Crippen molar-refractivity contribution in [2.24, 2.45) is 17.8 Å². The first-order chi connectivity index (χ1) is 9.62. The lowest BCUT2D eigenvalue weighted by molar-refractivity contribution is -0.0205. The quantitative estimate of drug-likeness (QED) is 0.823. The van der Waals surface area contributed by atoms with Gasteiger partial charge < -0.3 is 5.32 Å². The van der Waals surface area contributed by atoms with Crippen LogP contribution in [0, 0.1) is 17.8 Å². The average molecular weight is 310 g/mol. The van der Waals surface area contributed by atoms with Crippen LogP contribution in [0.1, 0.15) is 44.1 Å². The van der Waals surface area contributed by atoms with E-state index in [0.717, 1.165) is 39.9 Å². The van der Waals surface area contributed by atoms with Crippen LogP contribution in [0.25, 0.3) is 0 Å². The van der Waals surface area contributed by atoms with Crippen molar-refractivity contribution < 1.29 is 0 Å². The number of halogens is 2. The van der Waals surface area contributed by atoms with Crippen LogP contribution in [0.5, 0.6) is 0 Å². The largest absolute Gasteiger partial charge is 0.307 e. The molecule has 0 unspecified atom stereocenters. The van der Waals surface area contributed by atoms with Crippen LogP contribution < -0.4 is 5.32 Å². The van der Waals surface area contributed by atoms with Crippen molar-refractivity contribution in [3.8, 4) is 0 Å². The van der Waals surface area contributed by atoms with Gasteiger partial charge in [0.15, 0.2) is 0 Å². The molecule has 4 bridgehead atoms. The Hall–Kier alpha value is -0.240. The van der Waals surface area contributed by atoms with Gasteiger partial charge in [0.1, 0.15) is 0 Å². The van der Waals surface area contributed by atoms with Gasteiger partial charge in [-0.2, -0.15) is 0 Å². The molecule has 4 saturated carbocycles. The average Bonchev–Trinajstić information content (AvgIpc) is 2.38. The lowest BCUT2D eigenvalue weighted by Crippen LogP contribution is -2.58. The molecule has 4 fully saturated rings. The van der Waals surface area contributed by atoms with Crippen LogP contribution in [0.2, 0.25) is 10.0 Å². The van der Waals surface area contributed by atoms with Gasteiger partial charge in [0.25, 0.3) is 0 Å². The van der Waals surface area contributed by atoms with Gasteiger partial charge in [0.2, 0.25) is 0 Å². The highest BCUT2D eigenvalue weighted by Gasteiger charge is 2.50. The SMILES string of the molecule is Clc1ccc(Cl)c(CNC23CC4CC(CC(C4)C2)C3)c1. The Balaban J connectivity index is 1.50. The van der Waals surface area contributed by atoms with Gasteiger partial charge in [-0.05, 0) is 80.0 Å². The van der Waals surface area contributed by atoms with Gasteiger partial charge in [0.05, 0.1) is 0 Å². The molecule has 3 heteroatoms. The Morgan fingerprint density at radius 3 is 2.20 bits per heavy atom. The summed E-state index contributed by atoms with van der Waals surface area (Å²) in [5, 5.41) is 5.47. The van der Waals surface area contributed by atoms with Crippen LogP contribution in [0.4, 0.5) is 0 Å². The molecule has 1 N–H and O–H groups in total. The summed E-state index contributed by atoms with van der Waals surface area (Å²) in [6, 6.07) is 5.76. The van der Waals surface area contributed by atoms with E-state index < -0.39 is 0 Å². The zero-order valence-electron chi connectivity index (χ0n) is 11.7. The lowest BCUT2D eigenvalue weighted by Gasteiger charge is -2.57. The van der Waals surface area contributed by atoms with Crippen LogP contribution in [0.15, 0.2) is 18.2 Å². The highest BCUT2D eigenvalue weighted by molar-refractivity contribution is 6.33. The van der Waals surface area contributed by atoms with Gasteiger partial charge in [0, 0.05) is 22.1 Å². The van der Waals surface area contributed by atoms with Crippen molar-refractivity contribution in [2.45, 2.75) is 50.6 Å². The maximum Gasteiger partial charge on any atom is 0.0451 e. The highest BCUT2D eigenvalue weighted by atomic mass is 35.5. The van der Waals surface area contributed by atoms with E-state index in [1.807, 2.05) is 18.2 Å². The topological polar surface area (TPSA) is 12.0 Å². The molecule has 1 nitrogen and oxygen atoms in total. The van der Waals surface area contributed by atoms with Gasteiger partial charge in [-0.3, -0.25) is 0 Å². The standard InChI is InChI=1S/C17H21Cl2N/c18-15-1-2-16(19)14(6-15)10-20-17-7-11-3-12(8-17)5-13(4-11)9-17/h1-2,6,11-13,20H,3-5,7-10H2. The Kier molecular flexibility index (Phi) is 3.29. The molecule has 0 heterocycles. The fourth-order valence-electron chi connectivity index (χ4n) is 5.29. The normalized spacial score (nSPS) is 38.4. The first-order valence-corrected chi connectivity index (χ1v) is 8.56. The van der Waals surface area contributed by atoms with Crippen LogP contribution in [0.3, 0.4) is 0 Å². The molecule has 5 rings (SSSR count). The third-order valence-corrected chi connectivity index (χ3v) is 6.30. The second-order valence-corrected chi connectivity index (χ2v) is 8.13. The van der Waals surface area contributed by atoms with E-state index in [-0.39, 0.29) is 0 Å². The minimum atomic E-state index is 0.389. The van der Waals surface area contributed by atoms with E-state index in [9.17, 15) is 0 Å². The van der Waals surface area contributed by atoms with Crippen LogP contribution in [-0.2, 0) is 6.54 Å². The summed E-state index contributed by atoms with van der Waals surface area (Å²) in [5.41, 5.74) is 1.52. The van der Waals surface area contributed by atoms with Gasteiger partial charge in [-0.1, -0.05) is 23.2 Å². The highest BCUT2D eigenvalue weighted by Crippen LogP contribution is 2.55. The van der Waals surface area contributed by atoms with Gasteiger partial charge >= 0.3 is 0 Å². The first-order valence-electron chi connectivity index (χ1n) is 7.81. The summed E-state index contributed by atoms with van der Waals surface area (Å²) < 4.78 is 0. The molecule has 1 aromatic carbocycles. The molecule has 0 aromatic heterocycles. The molecule has 1 aromatic rings. The zero-order chi connectivity index (χ0) is 13.7. The van der Waals surface area contributed by atoms with E-state index in [4.69, 9.17) is 23.2 Å². The summed E-state index contributed by atoms with van der Waals surface area (Å²) in [5.74, 6) is 2.93. The number of rotatable bonds is 3. The number of hydrogen-bond donors (Lipinski definition) is 1. The molecule has 20 heavy (non-hydrogen) atoms. The van der Waals surface area contributed by atoms with Gasteiger partial charge in [-0.15, -0.1) is 0 Å². The van der Waals surface area contributed by atoms with E-state index in [1.54, 1.807) is 0 Å². The molecule has 0 amide bonds. The van der Waals surface area contributed by atoms with Crippen molar-refractivity contribution in [1.29, 1.82) is 0 Å². The fourth-order valence-corrected chi connectivity index (χ4v) is 5.67. The molecule has 4 aliphatic rings. The predicted molar refractivity (Wildman–Crippen MR) is 84.2 cm³/mol. The van der Waals surface area contributed by atoms with Gasteiger partial charge in [-0.25, -0.2) is 0 Å². The molecule has 0 saturated heterocycles. The van der Waals surface area contributed by atoms with Crippen molar-refractivity contribution in [3.05, 3.63) is 33.8 Å².